The maximum absolute atomic E-state index is 14.0. The minimum Gasteiger partial charge on any atom is -0.506 e. The van der Waals surface area contributed by atoms with E-state index in [4.69, 9.17) is 9.47 Å². The average Bonchev–Trinajstić information content (AvgIpc) is 3.83. The molecule has 11 nitrogen and oxygen atoms in total. The highest BCUT2D eigenvalue weighted by molar-refractivity contribution is 7.15. The second kappa shape index (κ2) is 20.6. The Hall–Kier alpha value is -6.41. The molecule has 1 aliphatic rings. The van der Waals surface area contributed by atoms with Crippen molar-refractivity contribution in [1.82, 2.24) is 15.2 Å². The van der Waals surface area contributed by atoms with Gasteiger partial charge in [-0.15, -0.1) is 11.3 Å². The molecule has 5 aromatic carbocycles. The van der Waals surface area contributed by atoms with Crippen molar-refractivity contribution in [1.29, 1.82) is 0 Å². The SMILES string of the molecule is COc1cccc(CN2CCC(COC(=O)[C@](O)(c3ccccc3)c3cccc(-c4ccc(CCC(=O)c5ccc(CNC[C@H](O)c6ccc(O)c7[nH]c(=O)ccc67)cc5)s4)c3)CC2)c1. The zero-order valence-electron chi connectivity index (χ0n) is 36.2. The molecular formula is C53H53N3O8S. The number of rotatable bonds is 18. The number of nitrogens with one attached hydrogen (secondary N) is 2. The molecule has 0 saturated carbocycles. The number of carbonyl (C=O) groups is 2. The number of pyridine rings is 1. The molecule has 8 rings (SSSR count). The minimum atomic E-state index is -2.02. The molecule has 0 bridgehead atoms. The van der Waals surface area contributed by atoms with Crippen LogP contribution in [-0.4, -0.2) is 70.3 Å². The first-order chi connectivity index (χ1) is 31.6. The lowest BCUT2D eigenvalue weighted by Crippen LogP contribution is -2.40. The number of ether oxygens (including phenoxy) is 2. The van der Waals surface area contributed by atoms with Crippen LogP contribution in [0, 0.1) is 5.92 Å². The molecule has 7 aromatic rings. The predicted octanol–water partition coefficient (Wildman–Crippen LogP) is 8.30. The molecule has 2 aromatic heterocycles. The van der Waals surface area contributed by atoms with Crippen LogP contribution in [-0.2, 0) is 34.6 Å². The number of hydrogen-bond donors (Lipinski definition) is 5. The van der Waals surface area contributed by atoms with Crippen LogP contribution in [0.2, 0.25) is 0 Å². The molecule has 0 aliphatic carbocycles. The largest absolute Gasteiger partial charge is 0.506 e. The number of phenols is 1. The Labute approximate surface area is 381 Å². The van der Waals surface area contributed by atoms with Gasteiger partial charge in [-0.1, -0.05) is 91.0 Å². The first-order valence-electron chi connectivity index (χ1n) is 21.9. The molecule has 1 aliphatic heterocycles. The third-order valence-corrected chi connectivity index (χ3v) is 13.4. The van der Waals surface area contributed by atoms with Gasteiger partial charge in [-0.2, -0.15) is 0 Å². The van der Waals surface area contributed by atoms with Crippen LogP contribution in [0.15, 0.2) is 144 Å². The van der Waals surface area contributed by atoms with Crippen molar-refractivity contribution in [3.8, 4) is 21.9 Å². The smallest absolute Gasteiger partial charge is 0.347 e. The Bertz CT molecular complexity index is 2800. The number of Topliss-reactive ketones (excluding diaryl/α,β-unsaturated/α-hetero) is 1. The van der Waals surface area contributed by atoms with Crippen LogP contribution >= 0.6 is 11.3 Å². The topological polar surface area (TPSA) is 161 Å². The van der Waals surface area contributed by atoms with E-state index < -0.39 is 17.7 Å². The lowest BCUT2D eigenvalue weighted by molar-refractivity contribution is -0.164. The van der Waals surface area contributed by atoms with Crippen molar-refractivity contribution in [3.63, 3.8) is 0 Å². The summed E-state index contributed by atoms with van der Waals surface area (Å²) in [4.78, 5) is 46.1. The molecule has 0 amide bonds. The summed E-state index contributed by atoms with van der Waals surface area (Å²) in [6, 6.07) is 42.0. The summed E-state index contributed by atoms with van der Waals surface area (Å²) in [6.07, 6.45) is 1.78. The fraction of sp³-hybridized carbons (Fsp3) is 0.264. The number of hydrogen-bond acceptors (Lipinski definition) is 11. The molecular weight excluding hydrogens is 839 g/mol. The van der Waals surface area contributed by atoms with Crippen LogP contribution in [0.3, 0.4) is 0 Å². The summed E-state index contributed by atoms with van der Waals surface area (Å²) < 4.78 is 11.3. The molecule has 5 N–H and O–H groups in total. The van der Waals surface area contributed by atoms with Crippen molar-refractivity contribution in [2.24, 2.45) is 5.92 Å². The average molecular weight is 892 g/mol. The highest BCUT2D eigenvalue weighted by Crippen LogP contribution is 2.37. The van der Waals surface area contributed by atoms with Crippen LogP contribution in [0.5, 0.6) is 11.5 Å². The monoisotopic (exact) mass is 891 g/mol. The molecule has 1 saturated heterocycles. The van der Waals surface area contributed by atoms with Gasteiger partial charge in [0.2, 0.25) is 11.2 Å². The third-order valence-electron chi connectivity index (χ3n) is 12.2. The second-order valence-corrected chi connectivity index (χ2v) is 17.8. The Morgan fingerprint density at radius 2 is 1.63 bits per heavy atom. The summed E-state index contributed by atoms with van der Waals surface area (Å²) in [5.41, 5.74) is 2.98. The van der Waals surface area contributed by atoms with E-state index >= 15 is 0 Å². The normalized spacial score (nSPS) is 14.8. The number of methoxy groups -OCH3 is 1. The number of benzene rings is 5. The molecule has 0 radical (unpaired) electrons. The van der Waals surface area contributed by atoms with Crippen molar-refractivity contribution in [2.45, 2.75) is 50.5 Å². The molecule has 1 fully saturated rings. The van der Waals surface area contributed by atoms with Gasteiger partial charge in [-0.3, -0.25) is 14.5 Å². The van der Waals surface area contributed by atoms with Crippen molar-refractivity contribution < 1.29 is 34.4 Å². The molecule has 65 heavy (non-hydrogen) atoms. The quantitative estimate of drug-likeness (QED) is 0.0419. The number of phenolic OH excluding ortho intramolecular Hbond substituents is 1. The van der Waals surface area contributed by atoms with Gasteiger partial charge < -0.3 is 35.1 Å². The summed E-state index contributed by atoms with van der Waals surface area (Å²) in [7, 11) is 1.67. The Kier molecular flexibility index (Phi) is 14.3. The fourth-order valence-electron chi connectivity index (χ4n) is 8.49. The first-order valence-corrected chi connectivity index (χ1v) is 22.7. The second-order valence-electron chi connectivity index (χ2n) is 16.6. The molecule has 334 valence electrons. The number of carbonyl (C=O) groups excluding carboxylic acids is 2. The number of esters is 1. The van der Waals surface area contributed by atoms with Crippen LogP contribution < -0.4 is 15.6 Å². The molecule has 3 heterocycles. The van der Waals surface area contributed by atoms with E-state index in [2.05, 4.69) is 27.3 Å². The molecule has 12 heteroatoms. The van der Waals surface area contributed by atoms with E-state index in [1.54, 1.807) is 60.9 Å². The van der Waals surface area contributed by atoms with E-state index in [-0.39, 0.29) is 41.7 Å². The Balaban J connectivity index is 0.845. The number of fused-ring (bicyclic) bond motifs is 1. The van der Waals surface area contributed by atoms with Crippen molar-refractivity contribution in [3.05, 3.63) is 188 Å². The maximum Gasteiger partial charge on any atom is 0.347 e. The van der Waals surface area contributed by atoms with Gasteiger partial charge in [0.15, 0.2) is 5.78 Å². The standard InChI is InChI=1S/C53H53N3O8S/c1-63-42-12-5-7-37(29-42)33-56-27-25-36(26-28-56)34-64-52(61)53(62,40-9-3-2-4-10-40)41-11-6-8-39(30-41)49-23-18-43(65-49)17-21-46(57)38-15-13-35(14-16-38)31-54-32-48(59)44-19-22-47(58)51-45(44)20-24-50(60)55-51/h2-16,18-20,22-24,29-30,36,48,54,58-59,62H,17,21,25-28,31-34H2,1H3,(H,55,60)/t48-,53-/m0/s1. The zero-order valence-corrected chi connectivity index (χ0v) is 37.1. The molecule has 0 unspecified atom stereocenters. The van der Waals surface area contributed by atoms with E-state index in [9.17, 15) is 29.7 Å². The maximum atomic E-state index is 14.0. The number of aliphatic hydroxyl groups excluding tert-OH is 1. The zero-order chi connectivity index (χ0) is 45.3. The van der Waals surface area contributed by atoms with Gasteiger partial charge in [0.25, 0.3) is 0 Å². The number of thiophene rings is 1. The van der Waals surface area contributed by atoms with E-state index in [1.807, 2.05) is 72.8 Å². The molecule has 0 spiro atoms. The number of aliphatic hydroxyl groups is 2. The number of aromatic amines is 1. The fourth-order valence-corrected chi connectivity index (χ4v) is 9.49. The highest BCUT2D eigenvalue weighted by atomic mass is 32.1. The van der Waals surface area contributed by atoms with Crippen LogP contribution in [0.4, 0.5) is 0 Å². The van der Waals surface area contributed by atoms with Gasteiger partial charge in [0, 0.05) is 58.4 Å². The lowest BCUT2D eigenvalue weighted by atomic mass is 9.85. The Morgan fingerprint density at radius 1 is 0.862 bits per heavy atom. The number of likely N-dealkylation sites (tertiary alicyclic amines) is 1. The number of ketones is 1. The summed E-state index contributed by atoms with van der Waals surface area (Å²) in [5, 5.41) is 37.2. The highest BCUT2D eigenvalue weighted by Gasteiger charge is 2.42. The summed E-state index contributed by atoms with van der Waals surface area (Å²) in [5.74, 6) is 0.298. The van der Waals surface area contributed by atoms with E-state index in [0.717, 1.165) is 59.1 Å². The van der Waals surface area contributed by atoms with Gasteiger partial charge in [0.05, 0.1) is 25.3 Å². The van der Waals surface area contributed by atoms with Gasteiger partial charge >= 0.3 is 5.97 Å². The minimum absolute atomic E-state index is 0.0272. The van der Waals surface area contributed by atoms with E-state index in [0.29, 0.717) is 47.0 Å². The van der Waals surface area contributed by atoms with Crippen LogP contribution in [0.1, 0.15) is 68.4 Å². The van der Waals surface area contributed by atoms with Crippen LogP contribution in [0.25, 0.3) is 21.3 Å². The number of H-pyrrole nitrogens is 1. The van der Waals surface area contributed by atoms with Gasteiger partial charge in [-0.05, 0) is 109 Å². The Morgan fingerprint density at radius 3 is 2.42 bits per heavy atom. The van der Waals surface area contributed by atoms with Crippen molar-refractivity contribution >= 4 is 34.0 Å². The summed E-state index contributed by atoms with van der Waals surface area (Å²) >= 11 is 1.57. The summed E-state index contributed by atoms with van der Waals surface area (Å²) in [6.45, 7) is 3.53. The van der Waals surface area contributed by atoms with E-state index in [1.165, 1.54) is 17.7 Å². The number of piperidine rings is 1. The van der Waals surface area contributed by atoms with Crippen molar-refractivity contribution in [2.75, 3.05) is 33.4 Å². The lowest BCUT2D eigenvalue weighted by Gasteiger charge is -2.33. The third kappa shape index (κ3) is 10.8. The number of aromatic nitrogens is 1. The first kappa shape index (κ1) is 45.2. The number of aromatic hydroxyl groups is 1. The predicted molar refractivity (Wildman–Crippen MR) is 253 cm³/mol. The number of aryl methyl sites for hydroxylation is 1. The number of nitrogens with zero attached hydrogens (tertiary/aromatic N) is 1. The van der Waals surface area contributed by atoms with Gasteiger partial charge in [-0.25, -0.2) is 4.79 Å². The molecule has 2 atom stereocenters. The van der Waals surface area contributed by atoms with Gasteiger partial charge in [0.1, 0.15) is 11.5 Å².